The van der Waals surface area contributed by atoms with Crippen molar-refractivity contribution in [3.63, 3.8) is 0 Å². The van der Waals surface area contributed by atoms with Crippen molar-refractivity contribution < 1.29 is 13.9 Å². The fourth-order valence-electron chi connectivity index (χ4n) is 1.65. The topological polar surface area (TPSA) is 50.4 Å². The highest BCUT2D eigenvalue weighted by Crippen LogP contribution is 2.09. The van der Waals surface area contributed by atoms with Crippen LogP contribution in [0.15, 0.2) is 18.2 Å². The predicted octanol–water partition coefficient (Wildman–Crippen LogP) is 2.75. The van der Waals surface area contributed by atoms with E-state index in [0.29, 0.717) is 19.6 Å². The van der Waals surface area contributed by atoms with E-state index in [1.807, 2.05) is 27.7 Å². The summed E-state index contributed by atoms with van der Waals surface area (Å²) in [6.45, 7) is 9.08. The molecule has 0 saturated heterocycles. The predicted molar refractivity (Wildman–Crippen MR) is 77.1 cm³/mol. The number of hydrogen-bond acceptors (Lipinski definition) is 3. The van der Waals surface area contributed by atoms with E-state index < -0.39 is 11.7 Å². The SMILES string of the molecule is Cc1cc(F)ccc1CNCCNC(=O)OC(C)(C)C. The first-order valence-electron chi connectivity index (χ1n) is 6.70. The molecule has 0 saturated carbocycles. The third kappa shape index (κ3) is 6.52. The van der Waals surface area contributed by atoms with Crippen LogP contribution in [0.25, 0.3) is 0 Å². The lowest BCUT2D eigenvalue weighted by Crippen LogP contribution is -2.36. The standard InChI is InChI=1S/C15H23FN2O2/c1-11-9-13(16)6-5-12(11)10-17-7-8-18-14(19)20-15(2,3)4/h5-6,9,17H,7-8,10H2,1-4H3,(H,18,19). The van der Waals surface area contributed by atoms with Gasteiger partial charge in [0.1, 0.15) is 11.4 Å². The zero-order valence-electron chi connectivity index (χ0n) is 12.5. The Morgan fingerprint density at radius 1 is 1.30 bits per heavy atom. The Morgan fingerprint density at radius 3 is 2.60 bits per heavy atom. The highest BCUT2D eigenvalue weighted by atomic mass is 19.1. The van der Waals surface area contributed by atoms with Gasteiger partial charge in [-0.2, -0.15) is 0 Å². The molecule has 0 aliphatic heterocycles. The lowest BCUT2D eigenvalue weighted by molar-refractivity contribution is 0.0528. The Hall–Kier alpha value is -1.62. The van der Waals surface area contributed by atoms with E-state index in [2.05, 4.69) is 10.6 Å². The van der Waals surface area contributed by atoms with Gasteiger partial charge >= 0.3 is 6.09 Å². The number of hydrogen-bond donors (Lipinski definition) is 2. The van der Waals surface area contributed by atoms with Crippen molar-refractivity contribution in [1.29, 1.82) is 0 Å². The number of rotatable bonds is 5. The fourth-order valence-corrected chi connectivity index (χ4v) is 1.65. The quantitative estimate of drug-likeness (QED) is 0.816. The minimum atomic E-state index is -0.483. The monoisotopic (exact) mass is 282 g/mol. The van der Waals surface area contributed by atoms with Gasteiger partial charge in [0.2, 0.25) is 0 Å². The summed E-state index contributed by atoms with van der Waals surface area (Å²) in [5.41, 5.74) is 1.48. The molecule has 2 N–H and O–H groups in total. The van der Waals surface area contributed by atoms with Crippen LogP contribution in [0.3, 0.4) is 0 Å². The van der Waals surface area contributed by atoms with E-state index in [1.54, 1.807) is 6.07 Å². The summed E-state index contributed by atoms with van der Waals surface area (Å²) in [6.07, 6.45) is -0.419. The average molecular weight is 282 g/mol. The summed E-state index contributed by atoms with van der Waals surface area (Å²) in [5.74, 6) is -0.224. The lowest BCUT2D eigenvalue weighted by atomic mass is 10.1. The Kier molecular flexibility index (Phi) is 5.95. The lowest BCUT2D eigenvalue weighted by Gasteiger charge is -2.19. The van der Waals surface area contributed by atoms with Crippen LogP contribution in [0.2, 0.25) is 0 Å². The molecule has 0 fully saturated rings. The first kappa shape index (κ1) is 16.4. The second-order valence-corrected chi connectivity index (χ2v) is 5.68. The van der Waals surface area contributed by atoms with E-state index in [4.69, 9.17) is 4.74 Å². The first-order valence-corrected chi connectivity index (χ1v) is 6.70. The molecular weight excluding hydrogens is 259 g/mol. The molecule has 1 rings (SSSR count). The van der Waals surface area contributed by atoms with Crippen molar-refractivity contribution in [2.75, 3.05) is 13.1 Å². The maximum absolute atomic E-state index is 12.9. The summed E-state index contributed by atoms with van der Waals surface area (Å²) in [4.78, 5) is 11.4. The summed E-state index contributed by atoms with van der Waals surface area (Å²) in [6, 6.07) is 4.72. The smallest absolute Gasteiger partial charge is 0.407 e. The number of carbonyl (C=O) groups excluding carboxylic acids is 1. The Bertz CT molecular complexity index is 456. The number of aryl methyl sites for hydroxylation is 1. The Balaban J connectivity index is 2.21. The number of amides is 1. The van der Waals surface area contributed by atoms with E-state index in [1.165, 1.54) is 12.1 Å². The average Bonchev–Trinajstić information content (AvgIpc) is 2.28. The van der Waals surface area contributed by atoms with E-state index in [-0.39, 0.29) is 5.82 Å². The van der Waals surface area contributed by atoms with Crippen LogP contribution in [0.1, 0.15) is 31.9 Å². The Labute approximate surface area is 119 Å². The summed E-state index contributed by atoms with van der Waals surface area (Å²) in [5, 5.41) is 5.85. The molecular formula is C15H23FN2O2. The molecule has 1 aromatic rings. The number of ether oxygens (including phenoxy) is 1. The third-order valence-corrected chi connectivity index (χ3v) is 2.59. The number of halogens is 1. The largest absolute Gasteiger partial charge is 0.444 e. The first-order chi connectivity index (χ1) is 9.28. The highest BCUT2D eigenvalue weighted by Gasteiger charge is 2.15. The molecule has 0 bridgehead atoms. The number of benzene rings is 1. The van der Waals surface area contributed by atoms with E-state index in [9.17, 15) is 9.18 Å². The van der Waals surface area contributed by atoms with E-state index in [0.717, 1.165) is 11.1 Å². The zero-order chi connectivity index (χ0) is 15.2. The van der Waals surface area contributed by atoms with Gasteiger partial charge < -0.3 is 15.4 Å². The molecule has 0 atom stereocenters. The normalized spacial score (nSPS) is 11.2. The second-order valence-electron chi connectivity index (χ2n) is 5.68. The van der Waals surface area contributed by atoms with Gasteiger partial charge in [0.25, 0.3) is 0 Å². The second kappa shape index (κ2) is 7.24. The molecule has 5 heteroatoms. The van der Waals surface area contributed by atoms with Gasteiger partial charge in [-0.3, -0.25) is 0 Å². The van der Waals surface area contributed by atoms with Crippen LogP contribution < -0.4 is 10.6 Å². The minimum Gasteiger partial charge on any atom is -0.444 e. The molecule has 0 heterocycles. The van der Waals surface area contributed by atoms with Crippen LogP contribution in [0.4, 0.5) is 9.18 Å². The number of alkyl carbamates (subject to hydrolysis) is 1. The fraction of sp³-hybridized carbons (Fsp3) is 0.533. The minimum absolute atomic E-state index is 0.224. The third-order valence-electron chi connectivity index (χ3n) is 2.59. The number of carbonyl (C=O) groups is 1. The molecule has 0 aromatic heterocycles. The molecule has 0 spiro atoms. The molecule has 112 valence electrons. The number of nitrogens with one attached hydrogen (secondary N) is 2. The van der Waals surface area contributed by atoms with Crippen LogP contribution in [-0.2, 0) is 11.3 Å². The van der Waals surface area contributed by atoms with Gasteiger partial charge in [0.05, 0.1) is 0 Å². The van der Waals surface area contributed by atoms with Gasteiger partial charge in [0, 0.05) is 19.6 Å². The summed E-state index contributed by atoms with van der Waals surface area (Å²) >= 11 is 0. The van der Waals surface area contributed by atoms with Crippen molar-refractivity contribution in [3.05, 3.63) is 35.1 Å². The molecule has 4 nitrogen and oxygen atoms in total. The molecule has 0 radical (unpaired) electrons. The van der Waals surface area contributed by atoms with Crippen molar-refractivity contribution in [2.45, 2.75) is 39.8 Å². The van der Waals surface area contributed by atoms with Crippen molar-refractivity contribution in [3.8, 4) is 0 Å². The zero-order valence-corrected chi connectivity index (χ0v) is 12.5. The van der Waals surface area contributed by atoms with Gasteiger partial charge in [0.15, 0.2) is 0 Å². The van der Waals surface area contributed by atoms with E-state index >= 15 is 0 Å². The molecule has 1 aromatic carbocycles. The van der Waals surface area contributed by atoms with Crippen LogP contribution in [-0.4, -0.2) is 24.8 Å². The van der Waals surface area contributed by atoms with Gasteiger partial charge in [-0.1, -0.05) is 6.07 Å². The maximum Gasteiger partial charge on any atom is 0.407 e. The molecule has 0 unspecified atom stereocenters. The van der Waals surface area contributed by atoms with Crippen molar-refractivity contribution in [1.82, 2.24) is 10.6 Å². The summed E-state index contributed by atoms with van der Waals surface area (Å²) in [7, 11) is 0. The summed E-state index contributed by atoms with van der Waals surface area (Å²) < 4.78 is 18.0. The molecule has 0 aliphatic carbocycles. The molecule has 20 heavy (non-hydrogen) atoms. The van der Waals surface area contributed by atoms with Gasteiger partial charge in [-0.15, -0.1) is 0 Å². The van der Waals surface area contributed by atoms with Crippen molar-refractivity contribution >= 4 is 6.09 Å². The van der Waals surface area contributed by atoms with Crippen LogP contribution in [0.5, 0.6) is 0 Å². The van der Waals surface area contributed by atoms with Gasteiger partial charge in [-0.05, 0) is 51.0 Å². The molecule has 1 amide bonds. The van der Waals surface area contributed by atoms with Crippen LogP contribution >= 0.6 is 0 Å². The van der Waals surface area contributed by atoms with Crippen molar-refractivity contribution in [2.24, 2.45) is 0 Å². The maximum atomic E-state index is 12.9. The highest BCUT2D eigenvalue weighted by molar-refractivity contribution is 5.67. The molecule has 0 aliphatic rings. The van der Waals surface area contributed by atoms with Crippen LogP contribution in [0, 0.1) is 12.7 Å². The van der Waals surface area contributed by atoms with Gasteiger partial charge in [-0.25, -0.2) is 9.18 Å². The Morgan fingerprint density at radius 2 is 2.00 bits per heavy atom.